The summed E-state index contributed by atoms with van der Waals surface area (Å²) in [6.45, 7) is 5.54. The molecule has 1 aromatic carbocycles. The number of aromatic nitrogens is 2. The number of amides is 1. The Morgan fingerprint density at radius 1 is 1.36 bits per heavy atom. The molecule has 2 aromatic rings. The molecule has 1 aromatic heterocycles. The summed E-state index contributed by atoms with van der Waals surface area (Å²) in [7, 11) is 3.10. The summed E-state index contributed by atoms with van der Waals surface area (Å²) in [5, 5.41) is 11.7. The quantitative estimate of drug-likeness (QED) is 0.829. The maximum absolute atomic E-state index is 12.4. The summed E-state index contributed by atoms with van der Waals surface area (Å²) >= 11 is 1.32. The Morgan fingerprint density at radius 3 is 2.68 bits per heavy atom. The highest BCUT2D eigenvalue weighted by Crippen LogP contribution is 2.33. The Bertz CT molecular complexity index is 697. The summed E-state index contributed by atoms with van der Waals surface area (Å²) in [5.41, 5.74) is 1.29. The fourth-order valence-electron chi connectivity index (χ4n) is 2.00. The Kier molecular flexibility index (Phi) is 5.11. The lowest BCUT2D eigenvalue weighted by Crippen LogP contribution is -2.13. The van der Waals surface area contributed by atoms with Gasteiger partial charge in [0.05, 0.1) is 14.2 Å². The zero-order valence-electron chi connectivity index (χ0n) is 12.7. The third-order valence-electron chi connectivity index (χ3n) is 2.93. The molecule has 0 aliphatic heterocycles. The van der Waals surface area contributed by atoms with Gasteiger partial charge in [-0.2, -0.15) is 0 Å². The second-order valence-corrected chi connectivity index (χ2v) is 5.63. The van der Waals surface area contributed by atoms with Gasteiger partial charge in [-0.3, -0.25) is 10.1 Å². The van der Waals surface area contributed by atoms with E-state index in [2.05, 4.69) is 22.1 Å². The molecule has 0 fully saturated rings. The number of aryl methyl sites for hydroxylation is 1. The van der Waals surface area contributed by atoms with E-state index in [9.17, 15) is 4.79 Å². The van der Waals surface area contributed by atoms with Crippen molar-refractivity contribution in [2.45, 2.75) is 13.3 Å². The van der Waals surface area contributed by atoms with Crippen molar-refractivity contribution in [3.8, 4) is 11.5 Å². The third-order valence-corrected chi connectivity index (χ3v) is 3.68. The zero-order valence-corrected chi connectivity index (χ0v) is 13.5. The highest BCUT2D eigenvalue weighted by atomic mass is 32.1. The largest absolute Gasteiger partial charge is 0.493 e. The van der Waals surface area contributed by atoms with Crippen LogP contribution in [0.2, 0.25) is 0 Å². The highest BCUT2D eigenvalue weighted by Gasteiger charge is 2.16. The number of ether oxygens (including phenoxy) is 2. The molecule has 1 N–H and O–H groups in total. The van der Waals surface area contributed by atoms with Crippen molar-refractivity contribution >= 4 is 22.4 Å². The fraction of sp³-hybridized carbons (Fsp3) is 0.267. The number of carbonyl (C=O) groups excluding carboxylic acids is 1. The lowest BCUT2D eigenvalue weighted by atomic mass is 10.1. The van der Waals surface area contributed by atoms with Crippen LogP contribution in [0.4, 0.5) is 5.13 Å². The molecule has 1 amide bonds. The molecular formula is C15H17N3O3S. The van der Waals surface area contributed by atoms with Crippen molar-refractivity contribution in [1.29, 1.82) is 0 Å². The monoisotopic (exact) mass is 319 g/mol. The van der Waals surface area contributed by atoms with Gasteiger partial charge in [-0.05, 0) is 25.5 Å². The number of nitrogens with zero attached hydrogens (tertiary/aromatic N) is 2. The van der Waals surface area contributed by atoms with E-state index >= 15 is 0 Å². The standard InChI is InChI=1S/C15H17N3O3S/c1-5-6-10-7-11(8-12(20-3)13(10)21-4)14(19)16-15-18-17-9(2)22-15/h5,7-8H,1,6H2,2-4H3,(H,16,18,19). The fourth-order valence-corrected chi connectivity index (χ4v) is 2.58. The molecule has 0 aliphatic rings. The molecule has 6 nitrogen and oxygen atoms in total. The van der Waals surface area contributed by atoms with Crippen LogP contribution in [0.3, 0.4) is 0 Å². The van der Waals surface area contributed by atoms with E-state index in [0.29, 0.717) is 28.6 Å². The molecule has 116 valence electrons. The van der Waals surface area contributed by atoms with E-state index in [1.165, 1.54) is 18.4 Å². The zero-order chi connectivity index (χ0) is 16.1. The van der Waals surface area contributed by atoms with E-state index in [4.69, 9.17) is 9.47 Å². The summed E-state index contributed by atoms with van der Waals surface area (Å²) < 4.78 is 10.7. The summed E-state index contributed by atoms with van der Waals surface area (Å²) in [5.74, 6) is 0.827. The van der Waals surface area contributed by atoms with Crippen molar-refractivity contribution < 1.29 is 14.3 Å². The topological polar surface area (TPSA) is 73.3 Å². The summed E-state index contributed by atoms with van der Waals surface area (Å²) in [4.78, 5) is 12.4. The third kappa shape index (κ3) is 3.43. The van der Waals surface area contributed by atoms with Crippen molar-refractivity contribution in [3.63, 3.8) is 0 Å². The van der Waals surface area contributed by atoms with Gasteiger partial charge in [0.25, 0.3) is 5.91 Å². The van der Waals surface area contributed by atoms with Gasteiger partial charge in [-0.25, -0.2) is 0 Å². The molecule has 0 radical (unpaired) electrons. The van der Waals surface area contributed by atoms with Crippen LogP contribution < -0.4 is 14.8 Å². The predicted octanol–water partition coefficient (Wildman–Crippen LogP) is 2.84. The van der Waals surface area contributed by atoms with Crippen molar-refractivity contribution in [2.24, 2.45) is 0 Å². The summed E-state index contributed by atoms with van der Waals surface area (Å²) in [6.07, 6.45) is 2.31. The van der Waals surface area contributed by atoms with Gasteiger partial charge in [0.15, 0.2) is 11.5 Å². The maximum atomic E-state index is 12.4. The minimum absolute atomic E-state index is 0.276. The molecular weight excluding hydrogens is 302 g/mol. The van der Waals surface area contributed by atoms with Crippen LogP contribution in [0.25, 0.3) is 0 Å². The van der Waals surface area contributed by atoms with E-state index in [1.807, 2.05) is 6.92 Å². The molecule has 1 heterocycles. The number of nitrogens with one attached hydrogen (secondary N) is 1. The van der Waals surface area contributed by atoms with E-state index in [-0.39, 0.29) is 5.91 Å². The van der Waals surface area contributed by atoms with Crippen molar-refractivity contribution in [1.82, 2.24) is 10.2 Å². The van der Waals surface area contributed by atoms with Gasteiger partial charge < -0.3 is 9.47 Å². The number of rotatable bonds is 6. The summed E-state index contributed by atoms with van der Waals surface area (Å²) in [6, 6.07) is 3.39. The molecule has 0 unspecified atom stereocenters. The second-order valence-electron chi connectivity index (χ2n) is 4.44. The minimum atomic E-state index is -0.276. The number of methoxy groups -OCH3 is 2. The number of benzene rings is 1. The smallest absolute Gasteiger partial charge is 0.257 e. The van der Waals surface area contributed by atoms with E-state index in [1.54, 1.807) is 25.3 Å². The molecule has 2 rings (SSSR count). The molecule has 7 heteroatoms. The van der Waals surface area contributed by atoms with Crippen LogP contribution in [0.1, 0.15) is 20.9 Å². The molecule has 0 atom stereocenters. The van der Waals surface area contributed by atoms with Crippen LogP contribution in [-0.4, -0.2) is 30.3 Å². The predicted molar refractivity (Wildman–Crippen MR) is 86.0 cm³/mol. The number of hydrogen-bond acceptors (Lipinski definition) is 6. The molecule has 0 saturated heterocycles. The number of hydrogen-bond donors (Lipinski definition) is 1. The maximum Gasteiger partial charge on any atom is 0.257 e. The first kappa shape index (κ1) is 16.0. The number of anilines is 1. The lowest BCUT2D eigenvalue weighted by Gasteiger charge is -2.14. The first-order valence-corrected chi connectivity index (χ1v) is 7.38. The molecule has 0 spiro atoms. The van der Waals surface area contributed by atoms with Gasteiger partial charge in [0, 0.05) is 11.1 Å². The van der Waals surface area contributed by atoms with Crippen LogP contribution in [0.5, 0.6) is 11.5 Å². The Hall–Kier alpha value is -2.41. The SMILES string of the molecule is C=CCc1cc(C(=O)Nc2nnc(C)s2)cc(OC)c1OC. The Labute approximate surface area is 132 Å². The first-order chi connectivity index (χ1) is 10.6. The second kappa shape index (κ2) is 7.04. The van der Waals surface area contributed by atoms with Crippen LogP contribution >= 0.6 is 11.3 Å². The van der Waals surface area contributed by atoms with Gasteiger partial charge >= 0.3 is 0 Å². The molecule has 22 heavy (non-hydrogen) atoms. The molecule has 0 bridgehead atoms. The van der Waals surface area contributed by atoms with Gasteiger partial charge in [0.1, 0.15) is 5.01 Å². The van der Waals surface area contributed by atoms with E-state index in [0.717, 1.165) is 10.6 Å². The van der Waals surface area contributed by atoms with Gasteiger partial charge in [-0.15, -0.1) is 16.8 Å². The highest BCUT2D eigenvalue weighted by molar-refractivity contribution is 7.15. The molecule has 0 saturated carbocycles. The van der Waals surface area contributed by atoms with Crippen molar-refractivity contribution in [3.05, 3.63) is 40.9 Å². The van der Waals surface area contributed by atoms with Gasteiger partial charge in [0.2, 0.25) is 5.13 Å². The van der Waals surface area contributed by atoms with Gasteiger partial charge in [-0.1, -0.05) is 17.4 Å². The Balaban J connectivity index is 2.35. The first-order valence-electron chi connectivity index (χ1n) is 6.56. The molecule has 0 aliphatic carbocycles. The van der Waals surface area contributed by atoms with Crippen LogP contribution in [0, 0.1) is 6.92 Å². The lowest BCUT2D eigenvalue weighted by molar-refractivity contribution is 0.102. The van der Waals surface area contributed by atoms with Crippen molar-refractivity contribution in [2.75, 3.05) is 19.5 Å². The number of allylic oxidation sites excluding steroid dienone is 1. The average molecular weight is 319 g/mol. The average Bonchev–Trinajstić information content (AvgIpc) is 2.91. The van der Waals surface area contributed by atoms with E-state index < -0.39 is 0 Å². The Morgan fingerprint density at radius 2 is 2.14 bits per heavy atom. The normalized spacial score (nSPS) is 10.1. The van der Waals surface area contributed by atoms with Crippen LogP contribution in [-0.2, 0) is 6.42 Å². The minimum Gasteiger partial charge on any atom is -0.493 e. The number of carbonyl (C=O) groups is 1. The van der Waals surface area contributed by atoms with Crippen LogP contribution in [0.15, 0.2) is 24.8 Å².